The van der Waals surface area contributed by atoms with Crippen molar-refractivity contribution in [1.29, 1.82) is 0 Å². The summed E-state index contributed by atoms with van der Waals surface area (Å²) in [6.45, 7) is 0.803. The average Bonchev–Trinajstić information content (AvgIpc) is 2.55. The van der Waals surface area contributed by atoms with Crippen LogP contribution in [0.3, 0.4) is 0 Å². The number of amides is 2. The summed E-state index contributed by atoms with van der Waals surface area (Å²) >= 11 is 0. The van der Waals surface area contributed by atoms with E-state index in [0.717, 1.165) is 18.5 Å². The van der Waals surface area contributed by atoms with Gasteiger partial charge in [-0.25, -0.2) is 4.79 Å². The SMILES string of the molecule is O=C(NCCC(=O)OCC1CCCCC1)Nc1ccccc1. The van der Waals surface area contributed by atoms with Crippen molar-refractivity contribution in [3.8, 4) is 0 Å². The van der Waals surface area contributed by atoms with Gasteiger partial charge in [-0.05, 0) is 30.9 Å². The quantitative estimate of drug-likeness (QED) is 0.792. The summed E-state index contributed by atoms with van der Waals surface area (Å²) in [5, 5.41) is 5.35. The fraction of sp³-hybridized carbons (Fsp3) is 0.529. The molecule has 0 aliphatic heterocycles. The minimum atomic E-state index is -0.314. The molecule has 2 amide bonds. The molecule has 1 fully saturated rings. The lowest BCUT2D eigenvalue weighted by Gasteiger charge is -2.21. The molecular formula is C17H24N2O3. The number of esters is 1. The van der Waals surface area contributed by atoms with Crippen molar-refractivity contribution < 1.29 is 14.3 Å². The lowest BCUT2D eigenvalue weighted by atomic mass is 9.90. The van der Waals surface area contributed by atoms with E-state index in [1.54, 1.807) is 12.1 Å². The Labute approximate surface area is 131 Å². The van der Waals surface area contributed by atoms with Gasteiger partial charge in [0.15, 0.2) is 0 Å². The van der Waals surface area contributed by atoms with Crippen LogP contribution >= 0.6 is 0 Å². The Morgan fingerprint density at radius 3 is 2.55 bits per heavy atom. The van der Waals surface area contributed by atoms with Crippen LogP contribution in [0.5, 0.6) is 0 Å². The summed E-state index contributed by atoms with van der Waals surface area (Å²) in [7, 11) is 0. The van der Waals surface area contributed by atoms with E-state index >= 15 is 0 Å². The van der Waals surface area contributed by atoms with E-state index in [2.05, 4.69) is 10.6 Å². The molecule has 1 aliphatic carbocycles. The van der Waals surface area contributed by atoms with Gasteiger partial charge in [0.1, 0.15) is 0 Å². The van der Waals surface area contributed by atoms with E-state index < -0.39 is 0 Å². The topological polar surface area (TPSA) is 67.4 Å². The second-order valence-corrected chi connectivity index (χ2v) is 5.68. The highest BCUT2D eigenvalue weighted by atomic mass is 16.5. The first-order valence-electron chi connectivity index (χ1n) is 7.99. The standard InChI is InChI=1S/C17H24N2O3/c20-16(22-13-14-7-3-1-4-8-14)11-12-18-17(21)19-15-9-5-2-6-10-15/h2,5-6,9-10,14H,1,3-4,7-8,11-13H2,(H2,18,19,21). The molecule has 0 spiro atoms. The van der Waals surface area contributed by atoms with Crippen molar-refractivity contribution in [3.05, 3.63) is 30.3 Å². The molecule has 0 bridgehead atoms. The Bertz CT molecular complexity index is 470. The zero-order valence-corrected chi connectivity index (χ0v) is 12.8. The van der Waals surface area contributed by atoms with E-state index in [0.29, 0.717) is 12.5 Å². The van der Waals surface area contributed by atoms with Crippen molar-refractivity contribution >= 4 is 17.7 Å². The van der Waals surface area contributed by atoms with Gasteiger partial charge in [-0.3, -0.25) is 4.79 Å². The molecule has 0 unspecified atom stereocenters. The molecule has 0 atom stereocenters. The van der Waals surface area contributed by atoms with Gasteiger partial charge in [-0.1, -0.05) is 37.5 Å². The molecule has 2 N–H and O–H groups in total. The van der Waals surface area contributed by atoms with Gasteiger partial charge in [-0.2, -0.15) is 0 Å². The number of ether oxygens (including phenoxy) is 1. The first-order valence-corrected chi connectivity index (χ1v) is 7.99. The molecule has 2 rings (SSSR count). The van der Waals surface area contributed by atoms with Crippen LogP contribution in [0, 0.1) is 5.92 Å². The maximum Gasteiger partial charge on any atom is 0.319 e. The van der Waals surface area contributed by atoms with Gasteiger partial charge in [0.05, 0.1) is 13.0 Å². The largest absolute Gasteiger partial charge is 0.465 e. The van der Waals surface area contributed by atoms with Crippen LogP contribution in [-0.2, 0) is 9.53 Å². The zero-order chi connectivity index (χ0) is 15.6. The third-order valence-electron chi connectivity index (χ3n) is 3.85. The normalized spacial score (nSPS) is 15.1. The van der Waals surface area contributed by atoms with Gasteiger partial charge in [0.2, 0.25) is 0 Å². The molecule has 1 saturated carbocycles. The summed E-state index contributed by atoms with van der Waals surface area (Å²) in [5.74, 6) is 0.276. The second-order valence-electron chi connectivity index (χ2n) is 5.68. The molecule has 0 heterocycles. The molecule has 22 heavy (non-hydrogen) atoms. The molecule has 0 aromatic heterocycles. The second kappa shape index (κ2) is 9.07. The smallest absolute Gasteiger partial charge is 0.319 e. The third kappa shape index (κ3) is 6.16. The van der Waals surface area contributed by atoms with Gasteiger partial charge >= 0.3 is 12.0 Å². The first-order chi connectivity index (χ1) is 10.7. The summed E-state index contributed by atoms with van der Waals surface area (Å²) in [6, 6.07) is 8.86. The number of anilines is 1. The molecular weight excluding hydrogens is 280 g/mol. The van der Waals surface area contributed by atoms with E-state index in [9.17, 15) is 9.59 Å². The molecule has 1 aliphatic rings. The number of nitrogens with one attached hydrogen (secondary N) is 2. The monoisotopic (exact) mass is 304 g/mol. The predicted octanol–water partition coefficient (Wildman–Crippen LogP) is 3.32. The Kier molecular flexibility index (Phi) is 6.74. The lowest BCUT2D eigenvalue weighted by Crippen LogP contribution is -2.31. The number of para-hydroxylation sites is 1. The Morgan fingerprint density at radius 1 is 1.09 bits per heavy atom. The van der Waals surface area contributed by atoms with Gasteiger partial charge in [-0.15, -0.1) is 0 Å². The third-order valence-corrected chi connectivity index (χ3v) is 3.85. The van der Waals surface area contributed by atoms with Crippen LogP contribution in [0.1, 0.15) is 38.5 Å². The van der Waals surface area contributed by atoms with Crippen LogP contribution < -0.4 is 10.6 Å². The highest BCUT2D eigenvalue weighted by molar-refractivity contribution is 5.89. The maximum atomic E-state index is 11.6. The van der Waals surface area contributed by atoms with Crippen LogP contribution in [0.25, 0.3) is 0 Å². The van der Waals surface area contributed by atoms with E-state index in [4.69, 9.17) is 4.74 Å². The highest BCUT2D eigenvalue weighted by Gasteiger charge is 2.15. The summed E-state index contributed by atoms with van der Waals surface area (Å²) < 4.78 is 5.27. The van der Waals surface area contributed by atoms with Crippen LogP contribution in [-0.4, -0.2) is 25.2 Å². The summed E-state index contributed by atoms with van der Waals surface area (Å²) in [4.78, 5) is 23.3. The number of carbonyl (C=O) groups is 2. The molecule has 1 aromatic rings. The number of rotatable bonds is 6. The van der Waals surface area contributed by atoms with Gasteiger partial charge < -0.3 is 15.4 Å². The van der Waals surface area contributed by atoms with Gasteiger partial charge in [0.25, 0.3) is 0 Å². The van der Waals surface area contributed by atoms with Crippen LogP contribution in [0.15, 0.2) is 30.3 Å². The number of hydrogen-bond donors (Lipinski definition) is 2. The Hall–Kier alpha value is -2.04. The van der Waals surface area contributed by atoms with E-state index in [1.807, 2.05) is 18.2 Å². The van der Waals surface area contributed by atoms with E-state index in [1.165, 1.54) is 19.3 Å². The molecule has 1 aromatic carbocycles. The van der Waals surface area contributed by atoms with Crippen molar-refractivity contribution in [2.75, 3.05) is 18.5 Å². The highest BCUT2D eigenvalue weighted by Crippen LogP contribution is 2.23. The molecule has 5 heteroatoms. The maximum absolute atomic E-state index is 11.6. The molecule has 5 nitrogen and oxygen atoms in total. The molecule has 0 saturated heterocycles. The number of hydrogen-bond acceptors (Lipinski definition) is 3. The van der Waals surface area contributed by atoms with Crippen molar-refractivity contribution in [1.82, 2.24) is 5.32 Å². The Morgan fingerprint density at radius 2 is 1.82 bits per heavy atom. The van der Waals surface area contributed by atoms with Crippen molar-refractivity contribution in [2.24, 2.45) is 5.92 Å². The zero-order valence-electron chi connectivity index (χ0n) is 12.8. The van der Waals surface area contributed by atoms with Gasteiger partial charge in [0, 0.05) is 12.2 Å². The first kappa shape index (κ1) is 16.3. The van der Waals surface area contributed by atoms with Crippen molar-refractivity contribution in [2.45, 2.75) is 38.5 Å². The van der Waals surface area contributed by atoms with Crippen LogP contribution in [0.4, 0.5) is 10.5 Å². The van der Waals surface area contributed by atoms with E-state index in [-0.39, 0.29) is 25.0 Å². The van der Waals surface area contributed by atoms with Crippen LogP contribution in [0.2, 0.25) is 0 Å². The minimum Gasteiger partial charge on any atom is -0.465 e. The summed E-state index contributed by atoms with van der Waals surface area (Å²) in [5.41, 5.74) is 0.722. The predicted molar refractivity (Wildman–Crippen MR) is 85.6 cm³/mol. The number of benzene rings is 1. The lowest BCUT2D eigenvalue weighted by molar-refractivity contribution is -0.145. The van der Waals surface area contributed by atoms with Crippen molar-refractivity contribution in [3.63, 3.8) is 0 Å². The fourth-order valence-electron chi connectivity index (χ4n) is 2.61. The Balaban J connectivity index is 1.55. The average molecular weight is 304 g/mol. The number of urea groups is 1. The molecule has 0 radical (unpaired) electrons. The summed E-state index contributed by atoms with van der Waals surface area (Å²) in [6.07, 6.45) is 6.29. The number of carbonyl (C=O) groups excluding carboxylic acids is 2. The molecule has 120 valence electrons. The fourth-order valence-corrected chi connectivity index (χ4v) is 2.61. The minimum absolute atomic E-state index is 0.203.